The van der Waals surface area contributed by atoms with Crippen LogP contribution in [0.2, 0.25) is 0 Å². The number of nitrogens with zero attached hydrogens (tertiary/aromatic N) is 3. The van der Waals surface area contributed by atoms with Crippen molar-refractivity contribution in [2.45, 2.75) is 32.2 Å². The molecule has 2 aliphatic heterocycles. The van der Waals surface area contributed by atoms with Crippen molar-refractivity contribution >= 4 is 17.6 Å². The minimum Gasteiger partial charge on any atom is -0.339 e. The van der Waals surface area contributed by atoms with Gasteiger partial charge in [0.05, 0.1) is 6.54 Å². The summed E-state index contributed by atoms with van der Waals surface area (Å²) in [6.07, 6.45) is 8.81. The van der Waals surface area contributed by atoms with Crippen LogP contribution in [0.25, 0.3) is 0 Å². The van der Waals surface area contributed by atoms with Gasteiger partial charge in [-0.3, -0.25) is 9.69 Å². The fourth-order valence-electron chi connectivity index (χ4n) is 3.75. The molecule has 1 unspecified atom stereocenters. The van der Waals surface area contributed by atoms with Crippen molar-refractivity contribution in [3.8, 4) is 12.3 Å². The molecule has 0 bridgehead atoms. The molecule has 3 amide bonds. The third-order valence-corrected chi connectivity index (χ3v) is 5.42. The van der Waals surface area contributed by atoms with E-state index in [-0.39, 0.29) is 11.9 Å². The fraction of sp³-hybridized carbons (Fsp3) is 0.524. The zero-order valence-corrected chi connectivity index (χ0v) is 16.0. The van der Waals surface area contributed by atoms with E-state index < -0.39 is 0 Å². The maximum atomic E-state index is 12.6. The molecule has 0 aliphatic carbocycles. The highest BCUT2D eigenvalue weighted by Crippen LogP contribution is 2.17. The van der Waals surface area contributed by atoms with Crippen molar-refractivity contribution in [3.63, 3.8) is 0 Å². The maximum absolute atomic E-state index is 12.6. The summed E-state index contributed by atoms with van der Waals surface area (Å²) in [4.78, 5) is 31.0. The number of hydrogen-bond acceptors (Lipinski definition) is 3. The second kappa shape index (κ2) is 8.92. The second-order valence-corrected chi connectivity index (χ2v) is 7.35. The normalized spacial score (nSPS) is 20.8. The summed E-state index contributed by atoms with van der Waals surface area (Å²) in [5, 5.41) is 2.90. The number of urea groups is 1. The molecule has 2 aliphatic rings. The summed E-state index contributed by atoms with van der Waals surface area (Å²) in [7, 11) is 0. The first-order valence-electron chi connectivity index (χ1n) is 9.71. The lowest BCUT2D eigenvalue weighted by atomic mass is 10.0. The smallest absolute Gasteiger partial charge is 0.321 e. The molecule has 6 heteroatoms. The summed E-state index contributed by atoms with van der Waals surface area (Å²) < 4.78 is 0. The summed E-state index contributed by atoms with van der Waals surface area (Å²) in [6, 6.07) is 7.49. The van der Waals surface area contributed by atoms with Crippen molar-refractivity contribution < 1.29 is 9.59 Å². The average Bonchev–Trinajstić information content (AvgIpc) is 2.69. The number of anilines is 1. The Bertz CT molecular complexity index is 719. The zero-order chi connectivity index (χ0) is 19.2. The van der Waals surface area contributed by atoms with Gasteiger partial charge in [0, 0.05) is 50.0 Å². The number of hydrogen-bond donors (Lipinski definition) is 1. The molecule has 2 heterocycles. The van der Waals surface area contributed by atoms with Gasteiger partial charge in [0.1, 0.15) is 0 Å². The topological polar surface area (TPSA) is 55.9 Å². The lowest BCUT2D eigenvalue weighted by Crippen LogP contribution is -2.53. The monoisotopic (exact) mass is 368 g/mol. The second-order valence-electron chi connectivity index (χ2n) is 7.35. The molecule has 144 valence electrons. The molecule has 1 atom stereocenters. The van der Waals surface area contributed by atoms with Gasteiger partial charge in [-0.2, -0.15) is 0 Å². The Balaban J connectivity index is 1.46. The lowest BCUT2D eigenvalue weighted by molar-refractivity contribution is -0.136. The van der Waals surface area contributed by atoms with Gasteiger partial charge in [0.15, 0.2) is 0 Å². The van der Waals surface area contributed by atoms with Crippen LogP contribution in [0.5, 0.6) is 0 Å². The van der Waals surface area contributed by atoms with Gasteiger partial charge in [-0.05, 0) is 44.4 Å². The molecular formula is C21H28N4O2. The number of piperazine rings is 1. The Morgan fingerprint density at radius 2 is 1.96 bits per heavy atom. The number of piperidine rings is 1. The first-order chi connectivity index (χ1) is 13.1. The molecular weight excluding hydrogens is 340 g/mol. The molecule has 0 saturated carbocycles. The Hall–Kier alpha value is -2.52. The molecule has 6 nitrogen and oxygen atoms in total. The SMILES string of the molecule is C#Cc1cccc(NC(=O)N2CCN(CC(=O)N3CCCCC3C)CC2)c1. The first-order valence-corrected chi connectivity index (χ1v) is 9.71. The number of carbonyl (C=O) groups excluding carboxylic acids is 2. The van der Waals surface area contributed by atoms with E-state index >= 15 is 0 Å². The van der Waals surface area contributed by atoms with E-state index in [1.165, 1.54) is 6.42 Å². The molecule has 27 heavy (non-hydrogen) atoms. The van der Waals surface area contributed by atoms with E-state index in [9.17, 15) is 9.59 Å². The molecule has 1 aromatic carbocycles. The minimum absolute atomic E-state index is 0.125. The number of likely N-dealkylation sites (tertiary alicyclic amines) is 1. The highest BCUT2D eigenvalue weighted by atomic mass is 16.2. The summed E-state index contributed by atoms with van der Waals surface area (Å²) in [5.74, 6) is 2.78. The van der Waals surface area contributed by atoms with Crippen molar-refractivity contribution in [1.29, 1.82) is 0 Å². The molecule has 1 N–H and O–H groups in total. The number of carbonyl (C=O) groups is 2. The number of benzene rings is 1. The molecule has 1 aromatic rings. The third kappa shape index (κ3) is 5.01. The Labute approximate surface area is 161 Å². The predicted octanol–water partition coefficient (Wildman–Crippen LogP) is 2.22. The summed E-state index contributed by atoms with van der Waals surface area (Å²) in [6.45, 7) is 6.11. The number of nitrogens with one attached hydrogen (secondary N) is 1. The Kier molecular flexibility index (Phi) is 6.36. The number of amides is 3. The van der Waals surface area contributed by atoms with Crippen LogP contribution in [0.15, 0.2) is 24.3 Å². The number of rotatable bonds is 3. The lowest BCUT2D eigenvalue weighted by Gasteiger charge is -2.38. The van der Waals surface area contributed by atoms with Crippen LogP contribution >= 0.6 is 0 Å². The van der Waals surface area contributed by atoms with Crippen LogP contribution < -0.4 is 5.32 Å². The molecule has 2 fully saturated rings. The molecule has 2 saturated heterocycles. The van der Waals surface area contributed by atoms with E-state index in [4.69, 9.17) is 6.42 Å². The zero-order valence-electron chi connectivity index (χ0n) is 16.0. The predicted molar refractivity (Wildman–Crippen MR) is 106 cm³/mol. The van der Waals surface area contributed by atoms with Gasteiger partial charge in [0.25, 0.3) is 0 Å². The van der Waals surface area contributed by atoms with Crippen LogP contribution in [0.4, 0.5) is 10.5 Å². The van der Waals surface area contributed by atoms with Gasteiger partial charge < -0.3 is 15.1 Å². The van der Waals surface area contributed by atoms with E-state index in [1.54, 1.807) is 11.0 Å². The van der Waals surface area contributed by atoms with Crippen molar-refractivity contribution in [2.75, 3.05) is 44.6 Å². The van der Waals surface area contributed by atoms with Gasteiger partial charge in [-0.1, -0.05) is 12.0 Å². The van der Waals surface area contributed by atoms with Gasteiger partial charge >= 0.3 is 6.03 Å². The van der Waals surface area contributed by atoms with Crippen molar-refractivity contribution in [1.82, 2.24) is 14.7 Å². The van der Waals surface area contributed by atoms with Crippen molar-refractivity contribution in [2.24, 2.45) is 0 Å². The fourth-order valence-corrected chi connectivity index (χ4v) is 3.75. The number of terminal acetylenes is 1. The van der Waals surface area contributed by atoms with E-state index in [0.717, 1.165) is 24.9 Å². The standard InChI is InChI=1S/C21H28N4O2/c1-3-18-8-6-9-19(15-18)22-21(27)24-13-11-23(12-14-24)16-20(26)25-10-5-4-7-17(25)2/h1,6,8-9,15,17H,4-5,7,10-14,16H2,2H3,(H,22,27). The van der Waals surface area contributed by atoms with Crippen LogP contribution in [0, 0.1) is 12.3 Å². The van der Waals surface area contributed by atoms with Gasteiger partial charge in [-0.25, -0.2) is 4.79 Å². The third-order valence-electron chi connectivity index (χ3n) is 5.42. The Morgan fingerprint density at radius 3 is 2.67 bits per heavy atom. The van der Waals surface area contributed by atoms with E-state index in [1.807, 2.05) is 23.1 Å². The van der Waals surface area contributed by atoms with Crippen molar-refractivity contribution in [3.05, 3.63) is 29.8 Å². The molecule has 0 radical (unpaired) electrons. The summed E-state index contributed by atoms with van der Waals surface area (Å²) in [5.41, 5.74) is 1.44. The first kappa shape index (κ1) is 19.2. The average molecular weight is 368 g/mol. The highest BCUT2D eigenvalue weighted by molar-refractivity contribution is 5.89. The quantitative estimate of drug-likeness (QED) is 0.833. The highest BCUT2D eigenvalue weighted by Gasteiger charge is 2.27. The molecule has 0 aromatic heterocycles. The maximum Gasteiger partial charge on any atom is 0.321 e. The van der Waals surface area contributed by atoms with Crippen LogP contribution in [-0.4, -0.2) is 71.9 Å². The Morgan fingerprint density at radius 1 is 1.19 bits per heavy atom. The van der Waals surface area contributed by atoms with Gasteiger partial charge in [-0.15, -0.1) is 6.42 Å². The van der Waals surface area contributed by atoms with Crippen LogP contribution in [0.1, 0.15) is 31.7 Å². The molecule has 0 spiro atoms. The van der Waals surface area contributed by atoms with Crippen LogP contribution in [0.3, 0.4) is 0 Å². The van der Waals surface area contributed by atoms with Crippen LogP contribution in [-0.2, 0) is 4.79 Å². The van der Waals surface area contributed by atoms with Gasteiger partial charge in [0.2, 0.25) is 5.91 Å². The minimum atomic E-state index is -0.125. The largest absolute Gasteiger partial charge is 0.339 e. The van der Waals surface area contributed by atoms with E-state index in [0.29, 0.717) is 44.5 Å². The summed E-state index contributed by atoms with van der Waals surface area (Å²) >= 11 is 0. The molecule has 3 rings (SSSR count). The van der Waals surface area contributed by atoms with E-state index in [2.05, 4.69) is 23.1 Å².